The van der Waals surface area contributed by atoms with Gasteiger partial charge in [0.15, 0.2) is 5.76 Å². The molecular weight excluding hydrogens is 252 g/mol. The first-order valence-electron chi connectivity index (χ1n) is 5.84. The Morgan fingerprint density at radius 1 is 1.26 bits per heavy atom. The molecule has 2 N–H and O–H groups in total. The summed E-state index contributed by atoms with van der Waals surface area (Å²) in [7, 11) is 1.22. The highest BCUT2D eigenvalue weighted by atomic mass is 16.5. The van der Waals surface area contributed by atoms with Crippen molar-refractivity contribution in [2.45, 2.75) is 26.8 Å². The predicted octanol–water partition coefficient (Wildman–Crippen LogP) is 0.560. The van der Waals surface area contributed by atoms with Crippen LogP contribution >= 0.6 is 0 Å². The van der Waals surface area contributed by atoms with Crippen molar-refractivity contribution in [2.24, 2.45) is 5.92 Å². The highest BCUT2D eigenvalue weighted by Gasteiger charge is 2.25. The van der Waals surface area contributed by atoms with Gasteiger partial charge in [0.2, 0.25) is 0 Å². The van der Waals surface area contributed by atoms with Gasteiger partial charge in [0.05, 0.1) is 13.7 Å². The van der Waals surface area contributed by atoms with E-state index in [4.69, 9.17) is 4.74 Å². The van der Waals surface area contributed by atoms with E-state index in [0.717, 1.165) is 0 Å². The smallest absolute Gasteiger partial charge is 0.328 e. The Morgan fingerprint density at radius 2 is 1.84 bits per heavy atom. The third-order valence-electron chi connectivity index (χ3n) is 2.21. The van der Waals surface area contributed by atoms with E-state index >= 15 is 0 Å². The lowest BCUT2D eigenvalue weighted by Crippen LogP contribution is -2.50. The fourth-order valence-electron chi connectivity index (χ4n) is 1.21. The van der Waals surface area contributed by atoms with Crippen LogP contribution in [0.1, 0.15) is 20.8 Å². The van der Waals surface area contributed by atoms with Crippen LogP contribution < -0.4 is 10.6 Å². The number of hydrogen-bond acceptors (Lipinski definition) is 5. The van der Waals surface area contributed by atoms with Crippen molar-refractivity contribution >= 4 is 17.9 Å². The zero-order valence-electron chi connectivity index (χ0n) is 11.6. The van der Waals surface area contributed by atoms with Gasteiger partial charge in [-0.05, 0) is 12.8 Å². The zero-order chi connectivity index (χ0) is 15.0. The molecule has 0 radical (unpaired) electrons. The number of ether oxygens (including phenoxy) is 2. The van der Waals surface area contributed by atoms with Crippen molar-refractivity contribution in [3.8, 4) is 0 Å². The summed E-state index contributed by atoms with van der Waals surface area (Å²) in [6.07, 6.45) is 0. The summed E-state index contributed by atoms with van der Waals surface area (Å²) in [6.45, 7) is 8.79. The minimum absolute atomic E-state index is 0.170. The maximum absolute atomic E-state index is 11.5. The predicted molar refractivity (Wildman–Crippen MR) is 68.1 cm³/mol. The van der Waals surface area contributed by atoms with Crippen LogP contribution in [-0.4, -0.2) is 37.7 Å². The summed E-state index contributed by atoms with van der Waals surface area (Å²) in [6, 6.07) is -1.65. The zero-order valence-corrected chi connectivity index (χ0v) is 11.6. The number of amides is 3. The van der Waals surface area contributed by atoms with Gasteiger partial charge in [0.25, 0.3) is 5.91 Å². The number of esters is 1. The average molecular weight is 272 g/mol. The second-order valence-electron chi connectivity index (χ2n) is 4.03. The number of hydrogen-bond donors (Lipinski definition) is 2. The van der Waals surface area contributed by atoms with Gasteiger partial charge < -0.3 is 14.8 Å². The Balaban J connectivity index is 4.47. The van der Waals surface area contributed by atoms with Gasteiger partial charge in [-0.1, -0.05) is 20.4 Å². The molecule has 0 aromatic rings. The Morgan fingerprint density at radius 3 is 2.26 bits per heavy atom. The molecule has 0 unspecified atom stereocenters. The molecule has 0 aromatic carbocycles. The molecule has 0 aliphatic carbocycles. The molecule has 7 nitrogen and oxygen atoms in total. The van der Waals surface area contributed by atoms with Crippen molar-refractivity contribution in [3.63, 3.8) is 0 Å². The van der Waals surface area contributed by atoms with Crippen LogP contribution in [0.4, 0.5) is 4.79 Å². The van der Waals surface area contributed by atoms with Gasteiger partial charge in [-0.15, -0.1) is 0 Å². The lowest BCUT2D eigenvalue weighted by atomic mass is 10.1. The van der Waals surface area contributed by atoms with Crippen molar-refractivity contribution in [1.29, 1.82) is 0 Å². The number of carbonyl (C=O) groups is 3. The fourth-order valence-corrected chi connectivity index (χ4v) is 1.21. The Labute approximate surface area is 112 Å². The molecule has 0 aliphatic rings. The maximum atomic E-state index is 11.5. The lowest BCUT2D eigenvalue weighted by Gasteiger charge is -2.19. The third-order valence-corrected chi connectivity index (χ3v) is 2.21. The third kappa shape index (κ3) is 5.89. The molecule has 0 rings (SSSR count). The first-order valence-corrected chi connectivity index (χ1v) is 5.84. The van der Waals surface area contributed by atoms with Gasteiger partial charge in [-0.2, -0.15) is 0 Å². The quantitative estimate of drug-likeness (QED) is 0.418. The number of methoxy groups -OCH3 is 1. The summed E-state index contributed by atoms with van der Waals surface area (Å²) in [5.41, 5.74) is 0. The molecule has 0 saturated heterocycles. The normalized spacial score (nSPS) is 11.4. The van der Waals surface area contributed by atoms with Crippen LogP contribution in [0.25, 0.3) is 0 Å². The summed E-state index contributed by atoms with van der Waals surface area (Å²) in [5, 5.41) is 4.36. The van der Waals surface area contributed by atoms with Crippen LogP contribution in [0.2, 0.25) is 0 Å². The summed E-state index contributed by atoms with van der Waals surface area (Å²) in [4.78, 5) is 34.4. The molecule has 108 valence electrons. The molecule has 0 fully saturated rings. The number of carbonyl (C=O) groups excluding carboxylic acids is 3. The molecule has 7 heteroatoms. The van der Waals surface area contributed by atoms with E-state index in [1.807, 2.05) is 5.32 Å². The first kappa shape index (κ1) is 16.9. The number of nitrogens with one attached hydrogen (secondary N) is 2. The van der Waals surface area contributed by atoms with Crippen molar-refractivity contribution in [1.82, 2.24) is 10.6 Å². The van der Waals surface area contributed by atoms with E-state index in [2.05, 4.69) is 16.6 Å². The lowest BCUT2D eigenvalue weighted by molar-refractivity contribution is -0.144. The minimum atomic E-state index is -0.835. The van der Waals surface area contributed by atoms with Crippen molar-refractivity contribution in [2.75, 3.05) is 13.7 Å². The Kier molecular flexibility index (Phi) is 7.25. The summed E-state index contributed by atoms with van der Waals surface area (Å²) in [5.74, 6) is -1.69. The molecule has 0 spiro atoms. The summed E-state index contributed by atoms with van der Waals surface area (Å²) >= 11 is 0. The maximum Gasteiger partial charge on any atom is 0.328 e. The van der Waals surface area contributed by atoms with E-state index in [1.165, 1.54) is 7.11 Å². The number of urea groups is 1. The van der Waals surface area contributed by atoms with Crippen LogP contribution in [-0.2, 0) is 19.1 Å². The summed E-state index contributed by atoms with van der Waals surface area (Å²) < 4.78 is 9.40. The molecule has 19 heavy (non-hydrogen) atoms. The minimum Gasteiger partial charge on any atom is -0.489 e. The molecule has 0 saturated carbocycles. The second kappa shape index (κ2) is 8.12. The SMILES string of the molecule is C=C(OCC)C(=O)NC(=O)N[C@H](C(=O)OC)C(C)C. The van der Waals surface area contributed by atoms with Gasteiger partial charge in [-0.3, -0.25) is 10.1 Å². The first-order chi connectivity index (χ1) is 8.83. The topological polar surface area (TPSA) is 93.7 Å². The van der Waals surface area contributed by atoms with E-state index in [-0.39, 0.29) is 18.3 Å². The number of rotatable bonds is 6. The second-order valence-corrected chi connectivity index (χ2v) is 4.03. The van der Waals surface area contributed by atoms with Gasteiger partial charge in [0, 0.05) is 0 Å². The van der Waals surface area contributed by atoms with Crippen LogP contribution in [0, 0.1) is 5.92 Å². The molecule has 1 atom stereocenters. The molecule has 3 amide bonds. The number of imide groups is 1. The molecule has 0 aromatic heterocycles. The van der Waals surface area contributed by atoms with Crippen molar-refractivity contribution in [3.05, 3.63) is 12.3 Å². The highest BCUT2D eigenvalue weighted by Crippen LogP contribution is 2.03. The molecule has 0 heterocycles. The Hall–Kier alpha value is -2.05. The fraction of sp³-hybridized carbons (Fsp3) is 0.583. The largest absolute Gasteiger partial charge is 0.489 e. The van der Waals surface area contributed by atoms with Gasteiger partial charge in [0.1, 0.15) is 6.04 Å². The standard InChI is InChI=1S/C12H20N2O5/c1-6-19-8(4)10(15)14-12(17)13-9(7(2)3)11(16)18-5/h7,9H,4,6H2,1-3,5H3,(H2,13,14,15,17)/t9-/m0/s1. The molecule has 0 aliphatic heterocycles. The van der Waals surface area contributed by atoms with Crippen LogP contribution in [0.3, 0.4) is 0 Å². The average Bonchev–Trinajstić information content (AvgIpc) is 2.34. The van der Waals surface area contributed by atoms with Crippen LogP contribution in [0.5, 0.6) is 0 Å². The van der Waals surface area contributed by atoms with Gasteiger partial charge in [-0.25, -0.2) is 9.59 Å². The van der Waals surface area contributed by atoms with E-state index < -0.39 is 23.9 Å². The molecule has 0 bridgehead atoms. The molecular formula is C12H20N2O5. The van der Waals surface area contributed by atoms with Crippen LogP contribution in [0.15, 0.2) is 12.3 Å². The monoisotopic (exact) mass is 272 g/mol. The van der Waals surface area contributed by atoms with Gasteiger partial charge >= 0.3 is 12.0 Å². The van der Waals surface area contributed by atoms with E-state index in [1.54, 1.807) is 20.8 Å². The van der Waals surface area contributed by atoms with E-state index in [9.17, 15) is 14.4 Å². The van der Waals surface area contributed by atoms with Crippen molar-refractivity contribution < 1.29 is 23.9 Å². The highest BCUT2D eigenvalue weighted by molar-refractivity contribution is 6.02. The van der Waals surface area contributed by atoms with E-state index in [0.29, 0.717) is 0 Å². The Bertz CT molecular complexity index is 365.